The molecule has 0 atom stereocenters. The van der Waals surface area contributed by atoms with E-state index in [9.17, 15) is 4.79 Å². The van der Waals surface area contributed by atoms with Crippen LogP contribution in [0.25, 0.3) is 23.2 Å². The second-order valence-electron chi connectivity index (χ2n) is 8.01. The zero-order chi connectivity index (χ0) is 24.2. The van der Waals surface area contributed by atoms with E-state index in [0.717, 1.165) is 16.7 Å². The van der Waals surface area contributed by atoms with Crippen LogP contribution >= 0.6 is 11.3 Å². The van der Waals surface area contributed by atoms with Crippen molar-refractivity contribution < 1.29 is 9.47 Å². The number of aromatic nitrogens is 3. The number of nitrogens with zero attached hydrogens (tertiary/aromatic N) is 3. The molecule has 174 valence electrons. The van der Waals surface area contributed by atoms with Gasteiger partial charge in [0.25, 0.3) is 5.56 Å². The fourth-order valence-electron chi connectivity index (χ4n) is 3.55. The summed E-state index contributed by atoms with van der Waals surface area (Å²) in [4.78, 5) is 17.9. The van der Waals surface area contributed by atoms with Gasteiger partial charge < -0.3 is 9.47 Å². The molecule has 0 spiro atoms. The number of ether oxygens (including phenoxy) is 2. The first-order valence-electron chi connectivity index (χ1n) is 11.1. The van der Waals surface area contributed by atoms with Crippen LogP contribution in [0.1, 0.15) is 28.1 Å². The molecule has 0 aliphatic rings. The van der Waals surface area contributed by atoms with E-state index in [2.05, 4.69) is 10.1 Å². The summed E-state index contributed by atoms with van der Waals surface area (Å²) < 4.78 is 13.3. The Labute approximate surface area is 206 Å². The van der Waals surface area contributed by atoms with E-state index in [1.54, 1.807) is 7.11 Å². The monoisotopic (exact) mass is 481 g/mol. The van der Waals surface area contributed by atoms with Gasteiger partial charge in [0.1, 0.15) is 6.61 Å². The third kappa shape index (κ3) is 5.15. The van der Waals surface area contributed by atoms with Crippen LogP contribution in [0.5, 0.6) is 11.5 Å². The van der Waals surface area contributed by atoms with E-state index in [4.69, 9.17) is 9.47 Å². The highest BCUT2D eigenvalue weighted by Gasteiger charge is 2.10. The molecule has 0 bridgehead atoms. The lowest BCUT2D eigenvalue weighted by atomic mass is 10.1. The average Bonchev–Trinajstić information content (AvgIpc) is 3.41. The van der Waals surface area contributed by atoms with Crippen LogP contribution in [0.4, 0.5) is 0 Å². The summed E-state index contributed by atoms with van der Waals surface area (Å²) in [6, 6.07) is 23.7. The highest BCUT2D eigenvalue weighted by Crippen LogP contribution is 2.29. The van der Waals surface area contributed by atoms with Gasteiger partial charge in [-0.25, -0.2) is 0 Å². The molecule has 0 unspecified atom stereocenters. The van der Waals surface area contributed by atoms with E-state index < -0.39 is 0 Å². The molecule has 0 saturated heterocycles. The Morgan fingerprint density at radius 1 is 0.943 bits per heavy atom. The average molecular weight is 482 g/mol. The maximum atomic E-state index is 12.9. The number of aryl methyl sites for hydroxylation is 1. The highest BCUT2D eigenvalue weighted by atomic mass is 32.1. The van der Waals surface area contributed by atoms with Crippen LogP contribution in [0.15, 0.2) is 77.6 Å². The lowest BCUT2D eigenvalue weighted by Crippen LogP contribution is -2.23. The van der Waals surface area contributed by atoms with Crippen LogP contribution in [0, 0.1) is 6.92 Å². The maximum Gasteiger partial charge on any atom is 0.291 e. The second kappa shape index (κ2) is 9.95. The van der Waals surface area contributed by atoms with Gasteiger partial charge in [-0.3, -0.25) is 4.79 Å². The van der Waals surface area contributed by atoms with Crippen molar-refractivity contribution in [1.82, 2.24) is 14.6 Å². The molecule has 2 heterocycles. The van der Waals surface area contributed by atoms with Gasteiger partial charge in [-0.1, -0.05) is 83.6 Å². The van der Waals surface area contributed by atoms with Crippen molar-refractivity contribution in [3.8, 4) is 11.5 Å². The molecule has 0 saturated carbocycles. The molecule has 5 aromatic rings. The van der Waals surface area contributed by atoms with E-state index in [-0.39, 0.29) is 5.56 Å². The van der Waals surface area contributed by atoms with Crippen LogP contribution in [0.2, 0.25) is 0 Å². The molecule has 0 aliphatic carbocycles. The van der Waals surface area contributed by atoms with Crippen molar-refractivity contribution in [2.45, 2.75) is 13.5 Å². The van der Waals surface area contributed by atoms with Crippen molar-refractivity contribution in [2.75, 3.05) is 7.11 Å². The predicted octanol–water partition coefficient (Wildman–Crippen LogP) is 4.77. The van der Waals surface area contributed by atoms with Crippen LogP contribution < -0.4 is 19.6 Å². The Morgan fingerprint density at radius 2 is 1.71 bits per heavy atom. The van der Waals surface area contributed by atoms with E-state index in [1.165, 1.54) is 21.4 Å². The minimum absolute atomic E-state index is 0.198. The third-order valence-electron chi connectivity index (χ3n) is 5.42. The summed E-state index contributed by atoms with van der Waals surface area (Å²) in [7, 11) is 1.60. The first kappa shape index (κ1) is 22.6. The van der Waals surface area contributed by atoms with Gasteiger partial charge >= 0.3 is 0 Å². The first-order chi connectivity index (χ1) is 17.1. The standard InChI is InChI=1S/C28H23N3O3S/c1-19-8-10-20(11-9-19)13-15-26-29-28-31(30-26)27(32)25(35-28)17-22-12-14-23(24(16-22)33-2)34-18-21-6-4-3-5-7-21/h3-17H,18H2,1-2H3. The normalized spacial score (nSPS) is 12.0. The van der Waals surface area contributed by atoms with Crippen molar-refractivity contribution in [2.24, 2.45) is 0 Å². The number of thiazole rings is 1. The molecule has 5 rings (SSSR count). The summed E-state index contributed by atoms with van der Waals surface area (Å²) in [6.07, 6.45) is 5.56. The molecule has 0 fully saturated rings. The topological polar surface area (TPSA) is 65.7 Å². The Balaban J connectivity index is 1.37. The molecule has 0 aliphatic heterocycles. The Morgan fingerprint density at radius 3 is 2.46 bits per heavy atom. The zero-order valence-electron chi connectivity index (χ0n) is 19.3. The molecule has 0 radical (unpaired) electrons. The lowest BCUT2D eigenvalue weighted by molar-refractivity contribution is 0.284. The molecule has 35 heavy (non-hydrogen) atoms. The van der Waals surface area contributed by atoms with Crippen LogP contribution in [0.3, 0.4) is 0 Å². The molecule has 7 heteroatoms. The minimum atomic E-state index is -0.198. The van der Waals surface area contributed by atoms with Gasteiger partial charge in [-0.05, 0) is 47.9 Å². The summed E-state index contributed by atoms with van der Waals surface area (Å²) >= 11 is 1.30. The van der Waals surface area contributed by atoms with Gasteiger partial charge in [0, 0.05) is 0 Å². The summed E-state index contributed by atoms with van der Waals surface area (Å²) in [6.45, 7) is 2.49. The van der Waals surface area contributed by atoms with Crippen molar-refractivity contribution in [3.05, 3.63) is 116 Å². The summed E-state index contributed by atoms with van der Waals surface area (Å²) in [5.41, 5.74) is 3.96. The largest absolute Gasteiger partial charge is 0.493 e. The molecule has 6 nitrogen and oxygen atoms in total. The number of rotatable bonds is 7. The van der Waals surface area contributed by atoms with E-state index >= 15 is 0 Å². The van der Waals surface area contributed by atoms with Crippen LogP contribution in [-0.4, -0.2) is 21.7 Å². The molecular formula is C28H23N3O3S. The van der Waals surface area contributed by atoms with E-state index in [0.29, 0.717) is 33.4 Å². The van der Waals surface area contributed by atoms with Crippen molar-refractivity contribution in [3.63, 3.8) is 0 Å². The zero-order valence-corrected chi connectivity index (χ0v) is 20.2. The third-order valence-corrected chi connectivity index (χ3v) is 6.38. The SMILES string of the molecule is COc1cc(C=c2sc3nc(C=Cc4ccc(C)cc4)nn3c2=O)ccc1OCc1ccccc1. The molecular weight excluding hydrogens is 458 g/mol. The van der Waals surface area contributed by atoms with E-state index in [1.807, 2.05) is 97.9 Å². The van der Waals surface area contributed by atoms with Gasteiger partial charge in [-0.2, -0.15) is 9.50 Å². The van der Waals surface area contributed by atoms with Crippen molar-refractivity contribution >= 4 is 34.5 Å². The van der Waals surface area contributed by atoms with Gasteiger partial charge in [0.15, 0.2) is 17.3 Å². The molecule has 0 N–H and O–H groups in total. The smallest absolute Gasteiger partial charge is 0.291 e. The second-order valence-corrected chi connectivity index (χ2v) is 9.02. The number of fused-ring (bicyclic) bond motifs is 1. The number of benzene rings is 3. The fraction of sp³-hybridized carbons (Fsp3) is 0.107. The summed E-state index contributed by atoms with van der Waals surface area (Å²) in [5.74, 6) is 1.75. The van der Waals surface area contributed by atoms with Gasteiger partial charge in [0.2, 0.25) is 4.96 Å². The molecule has 3 aromatic carbocycles. The molecule has 0 amide bonds. The van der Waals surface area contributed by atoms with Crippen molar-refractivity contribution in [1.29, 1.82) is 0 Å². The predicted molar refractivity (Wildman–Crippen MR) is 140 cm³/mol. The van der Waals surface area contributed by atoms with Gasteiger partial charge in [0.05, 0.1) is 11.6 Å². The quantitative estimate of drug-likeness (QED) is 0.335. The number of methoxy groups -OCH3 is 1. The Bertz CT molecular complexity index is 1600. The van der Waals surface area contributed by atoms with Crippen LogP contribution in [-0.2, 0) is 6.61 Å². The highest BCUT2D eigenvalue weighted by molar-refractivity contribution is 7.15. The molecule has 2 aromatic heterocycles. The maximum absolute atomic E-state index is 12.9. The Kier molecular flexibility index (Phi) is 6.41. The lowest BCUT2D eigenvalue weighted by Gasteiger charge is -2.11. The minimum Gasteiger partial charge on any atom is -0.493 e. The first-order valence-corrected chi connectivity index (χ1v) is 11.9. The number of hydrogen-bond donors (Lipinski definition) is 0. The summed E-state index contributed by atoms with van der Waals surface area (Å²) in [5, 5.41) is 4.36. The fourth-order valence-corrected chi connectivity index (χ4v) is 4.46. The number of hydrogen-bond acceptors (Lipinski definition) is 6. The van der Waals surface area contributed by atoms with Gasteiger partial charge in [-0.15, -0.1) is 5.10 Å². The Hall–Kier alpha value is -4.23.